The number of amides is 1. The molecule has 1 fully saturated rings. The molecule has 0 aliphatic heterocycles. The molecule has 0 aromatic carbocycles. The molecule has 2 N–H and O–H groups in total. The zero-order valence-corrected chi connectivity index (χ0v) is 10.4. The first kappa shape index (κ1) is 14.4. The zero-order chi connectivity index (χ0) is 12.7. The van der Waals surface area contributed by atoms with Crippen LogP contribution in [0.4, 0.5) is 8.78 Å². The van der Waals surface area contributed by atoms with Gasteiger partial charge < -0.3 is 10.6 Å². The number of hydrogen-bond donors (Lipinski definition) is 2. The molecule has 100 valence electrons. The van der Waals surface area contributed by atoms with Crippen molar-refractivity contribution in [1.82, 2.24) is 10.6 Å². The topological polar surface area (TPSA) is 41.1 Å². The van der Waals surface area contributed by atoms with Gasteiger partial charge in [-0.3, -0.25) is 4.79 Å². The monoisotopic (exact) mass is 248 g/mol. The molecular weight excluding hydrogens is 226 g/mol. The van der Waals surface area contributed by atoms with Crippen LogP contribution in [0.2, 0.25) is 0 Å². The van der Waals surface area contributed by atoms with E-state index < -0.39 is 5.92 Å². The molecule has 0 bridgehead atoms. The zero-order valence-electron chi connectivity index (χ0n) is 10.4. The summed E-state index contributed by atoms with van der Waals surface area (Å²) in [5, 5.41) is 5.96. The molecule has 1 aliphatic carbocycles. The summed E-state index contributed by atoms with van der Waals surface area (Å²) >= 11 is 0. The second kappa shape index (κ2) is 6.89. The van der Waals surface area contributed by atoms with Crippen LogP contribution in [-0.4, -0.2) is 31.5 Å². The molecule has 0 saturated heterocycles. The molecule has 0 atom stereocenters. The van der Waals surface area contributed by atoms with Crippen LogP contribution in [0.25, 0.3) is 0 Å². The smallest absolute Gasteiger partial charge is 0.248 e. The molecule has 1 aliphatic rings. The second-order valence-electron chi connectivity index (χ2n) is 4.67. The molecule has 0 unspecified atom stereocenters. The van der Waals surface area contributed by atoms with Crippen LogP contribution in [-0.2, 0) is 4.79 Å². The normalized spacial score (nSPS) is 20.2. The third-order valence-corrected chi connectivity index (χ3v) is 3.12. The van der Waals surface area contributed by atoms with Crippen LogP contribution in [0, 0.1) is 5.92 Å². The van der Waals surface area contributed by atoms with Crippen LogP contribution < -0.4 is 10.6 Å². The predicted octanol–water partition coefficient (Wildman–Crippen LogP) is 1.93. The maximum absolute atomic E-state index is 12.9. The van der Waals surface area contributed by atoms with E-state index in [1.165, 1.54) is 0 Å². The van der Waals surface area contributed by atoms with Crippen molar-refractivity contribution in [2.75, 3.05) is 19.6 Å². The van der Waals surface area contributed by atoms with Gasteiger partial charge in [0, 0.05) is 31.8 Å². The largest absolute Gasteiger partial charge is 0.355 e. The molecule has 1 amide bonds. The summed E-state index contributed by atoms with van der Waals surface area (Å²) in [5.74, 6) is -2.85. The maximum atomic E-state index is 12.9. The summed E-state index contributed by atoms with van der Waals surface area (Å²) in [6.07, 6.45) is 1.37. The minimum atomic E-state index is -2.56. The fourth-order valence-electron chi connectivity index (χ4n) is 2.02. The molecule has 3 nitrogen and oxygen atoms in total. The summed E-state index contributed by atoms with van der Waals surface area (Å²) in [4.78, 5) is 11.7. The Bertz CT molecular complexity index is 237. The average Bonchev–Trinajstić information content (AvgIpc) is 2.28. The van der Waals surface area contributed by atoms with Crippen LogP contribution in [0.3, 0.4) is 0 Å². The van der Waals surface area contributed by atoms with Gasteiger partial charge in [0.05, 0.1) is 0 Å². The molecule has 0 aromatic heterocycles. The maximum Gasteiger partial charge on any atom is 0.248 e. The Kier molecular flexibility index (Phi) is 5.82. The fraction of sp³-hybridized carbons (Fsp3) is 0.917. The third-order valence-electron chi connectivity index (χ3n) is 3.12. The van der Waals surface area contributed by atoms with Gasteiger partial charge in [-0.2, -0.15) is 0 Å². The third kappa shape index (κ3) is 5.44. The molecule has 1 rings (SSSR count). The van der Waals surface area contributed by atoms with Gasteiger partial charge in [-0.15, -0.1) is 0 Å². The number of rotatable bonds is 6. The Morgan fingerprint density at radius 2 is 1.88 bits per heavy atom. The van der Waals surface area contributed by atoms with Crippen LogP contribution >= 0.6 is 0 Å². The van der Waals surface area contributed by atoms with E-state index >= 15 is 0 Å². The van der Waals surface area contributed by atoms with Crippen molar-refractivity contribution in [2.45, 2.75) is 45.0 Å². The van der Waals surface area contributed by atoms with Crippen LogP contribution in [0.5, 0.6) is 0 Å². The van der Waals surface area contributed by atoms with Gasteiger partial charge in [-0.25, -0.2) is 8.78 Å². The summed E-state index contributed by atoms with van der Waals surface area (Å²) < 4.78 is 25.8. The van der Waals surface area contributed by atoms with E-state index in [1.54, 1.807) is 0 Å². The van der Waals surface area contributed by atoms with Gasteiger partial charge in [-0.1, -0.05) is 6.92 Å². The van der Waals surface area contributed by atoms with Crippen molar-refractivity contribution in [3.8, 4) is 0 Å². The van der Waals surface area contributed by atoms with E-state index in [1.807, 2.05) is 0 Å². The standard InChI is InChI=1S/C12H22F2N2O/c1-2-7-15-8-9-16-11(17)10-3-5-12(13,14)6-4-10/h10,15H,2-9H2,1H3,(H,16,17). The highest BCUT2D eigenvalue weighted by atomic mass is 19.3. The minimum absolute atomic E-state index is 0.0706. The first-order valence-corrected chi connectivity index (χ1v) is 6.41. The van der Waals surface area contributed by atoms with Gasteiger partial charge in [0.2, 0.25) is 11.8 Å². The lowest BCUT2D eigenvalue weighted by Gasteiger charge is -2.27. The van der Waals surface area contributed by atoms with E-state index in [2.05, 4.69) is 17.6 Å². The van der Waals surface area contributed by atoms with E-state index in [0.29, 0.717) is 19.4 Å². The van der Waals surface area contributed by atoms with Crippen molar-refractivity contribution >= 4 is 5.91 Å². The van der Waals surface area contributed by atoms with Crippen molar-refractivity contribution in [2.24, 2.45) is 5.92 Å². The first-order valence-electron chi connectivity index (χ1n) is 6.41. The molecule has 1 saturated carbocycles. The van der Waals surface area contributed by atoms with Crippen LogP contribution in [0.15, 0.2) is 0 Å². The lowest BCUT2D eigenvalue weighted by molar-refractivity contribution is -0.129. The van der Waals surface area contributed by atoms with E-state index in [0.717, 1.165) is 19.5 Å². The molecular formula is C12H22F2N2O. The summed E-state index contributed by atoms with van der Waals surface area (Å²) in [6, 6.07) is 0. The number of carbonyl (C=O) groups excluding carboxylic acids is 1. The Hall–Kier alpha value is -0.710. The van der Waals surface area contributed by atoms with Gasteiger partial charge in [-0.05, 0) is 25.8 Å². The van der Waals surface area contributed by atoms with Gasteiger partial charge >= 0.3 is 0 Å². The highest BCUT2D eigenvalue weighted by Crippen LogP contribution is 2.35. The fourth-order valence-corrected chi connectivity index (χ4v) is 2.02. The predicted molar refractivity (Wildman–Crippen MR) is 63.1 cm³/mol. The molecule has 0 radical (unpaired) electrons. The van der Waals surface area contributed by atoms with E-state index in [-0.39, 0.29) is 24.7 Å². The number of halogens is 2. The molecule has 0 aromatic rings. The van der Waals surface area contributed by atoms with Gasteiger partial charge in [0.1, 0.15) is 0 Å². The molecule has 5 heteroatoms. The Morgan fingerprint density at radius 3 is 2.47 bits per heavy atom. The minimum Gasteiger partial charge on any atom is -0.355 e. The number of carbonyl (C=O) groups is 1. The highest BCUT2D eigenvalue weighted by molar-refractivity contribution is 5.78. The number of alkyl halides is 2. The summed E-state index contributed by atoms with van der Waals surface area (Å²) in [7, 11) is 0. The van der Waals surface area contributed by atoms with E-state index in [4.69, 9.17) is 0 Å². The Morgan fingerprint density at radius 1 is 1.24 bits per heavy atom. The number of nitrogens with one attached hydrogen (secondary N) is 2. The van der Waals surface area contributed by atoms with Crippen molar-refractivity contribution in [3.05, 3.63) is 0 Å². The Labute approximate surface area is 101 Å². The average molecular weight is 248 g/mol. The molecule has 17 heavy (non-hydrogen) atoms. The first-order chi connectivity index (χ1) is 8.05. The van der Waals surface area contributed by atoms with Crippen molar-refractivity contribution in [3.63, 3.8) is 0 Å². The van der Waals surface area contributed by atoms with Crippen molar-refractivity contribution in [1.29, 1.82) is 0 Å². The highest BCUT2D eigenvalue weighted by Gasteiger charge is 2.37. The quantitative estimate of drug-likeness (QED) is 0.705. The number of hydrogen-bond acceptors (Lipinski definition) is 2. The summed E-state index contributed by atoms with van der Waals surface area (Å²) in [6.45, 7) is 4.33. The van der Waals surface area contributed by atoms with E-state index in [9.17, 15) is 13.6 Å². The lowest BCUT2D eigenvalue weighted by Crippen LogP contribution is -2.38. The lowest BCUT2D eigenvalue weighted by atomic mass is 9.86. The summed E-state index contributed by atoms with van der Waals surface area (Å²) in [5.41, 5.74) is 0. The van der Waals surface area contributed by atoms with Gasteiger partial charge in [0.25, 0.3) is 0 Å². The Balaban J connectivity index is 2.12. The van der Waals surface area contributed by atoms with Crippen LogP contribution in [0.1, 0.15) is 39.0 Å². The van der Waals surface area contributed by atoms with Crippen molar-refractivity contribution < 1.29 is 13.6 Å². The second-order valence-corrected chi connectivity index (χ2v) is 4.67. The molecule has 0 heterocycles. The SMILES string of the molecule is CCCNCCNC(=O)C1CCC(F)(F)CC1. The molecule has 0 spiro atoms. The van der Waals surface area contributed by atoms with Gasteiger partial charge in [0.15, 0.2) is 0 Å².